The lowest BCUT2D eigenvalue weighted by molar-refractivity contribution is 0.557. The van der Waals surface area contributed by atoms with Crippen molar-refractivity contribution in [1.82, 2.24) is 5.01 Å². The Morgan fingerprint density at radius 1 is 1.36 bits per heavy atom. The Hall–Kier alpha value is -0.930. The molecule has 0 amide bonds. The average molecular weight is 230 g/mol. The van der Waals surface area contributed by atoms with Crippen LogP contribution < -0.4 is 5.43 Å². The Labute approximate surface area is 92.3 Å². The van der Waals surface area contributed by atoms with E-state index in [1.165, 1.54) is 0 Å². The van der Waals surface area contributed by atoms with Crippen molar-refractivity contribution in [2.45, 2.75) is 0 Å². The highest BCUT2D eigenvalue weighted by molar-refractivity contribution is 6.43. The van der Waals surface area contributed by atoms with E-state index in [1.54, 1.807) is 12.4 Å². The third-order valence-electron chi connectivity index (χ3n) is 1.91. The van der Waals surface area contributed by atoms with E-state index in [1.807, 2.05) is 17.1 Å². The van der Waals surface area contributed by atoms with Crippen molar-refractivity contribution in [3.05, 3.63) is 28.2 Å². The van der Waals surface area contributed by atoms with Crippen molar-refractivity contribution in [2.75, 3.05) is 18.5 Å². The van der Waals surface area contributed by atoms with Crippen LogP contribution in [-0.2, 0) is 0 Å². The van der Waals surface area contributed by atoms with Gasteiger partial charge in [-0.3, -0.25) is 15.4 Å². The normalized spacial score (nSPS) is 14.9. The number of nitrogens with zero attached hydrogens (tertiary/aromatic N) is 2. The highest BCUT2D eigenvalue weighted by Gasteiger charge is 2.08. The molecule has 5 heteroatoms. The summed E-state index contributed by atoms with van der Waals surface area (Å²) in [4.78, 5) is 4.08. The van der Waals surface area contributed by atoms with Crippen LogP contribution in [0.5, 0.6) is 0 Å². The van der Waals surface area contributed by atoms with Crippen LogP contribution in [0.15, 0.2) is 23.2 Å². The number of nitrogens with one attached hydrogen (secondary N) is 1. The van der Waals surface area contributed by atoms with Crippen LogP contribution in [0.4, 0.5) is 5.69 Å². The highest BCUT2D eigenvalue weighted by Crippen LogP contribution is 2.29. The van der Waals surface area contributed by atoms with Gasteiger partial charge in [0.15, 0.2) is 0 Å². The van der Waals surface area contributed by atoms with E-state index >= 15 is 0 Å². The summed E-state index contributed by atoms with van der Waals surface area (Å²) < 4.78 is 0. The molecule has 0 radical (unpaired) electrons. The molecule has 0 bridgehead atoms. The molecule has 0 saturated heterocycles. The molecule has 1 N–H and O–H groups in total. The van der Waals surface area contributed by atoms with E-state index in [2.05, 4.69) is 10.4 Å². The lowest BCUT2D eigenvalue weighted by Crippen LogP contribution is -2.26. The zero-order valence-corrected chi connectivity index (χ0v) is 8.89. The molecule has 3 nitrogen and oxygen atoms in total. The first kappa shape index (κ1) is 9.62. The van der Waals surface area contributed by atoms with Crippen molar-refractivity contribution in [3.63, 3.8) is 0 Å². The molecule has 0 aromatic heterocycles. The Kier molecular flexibility index (Phi) is 2.79. The van der Waals surface area contributed by atoms with E-state index in [0.29, 0.717) is 10.0 Å². The Morgan fingerprint density at radius 2 is 2.21 bits per heavy atom. The third kappa shape index (κ3) is 1.94. The smallest absolute Gasteiger partial charge is 0.104 e. The molecular weight excluding hydrogens is 221 g/mol. The molecule has 1 heterocycles. The summed E-state index contributed by atoms with van der Waals surface area (Å²) in [6.07, 6.45) is 1.75. The largest absolute Gasteiger partial charge is 0.296 e. The van der Waals surface area contributed by atoms with Gasteiger partial charge in [0.2, 0.25) is 0 Å². The maximum absolute atomic E-state index is 6.01. The van der Waals surface area contributed by atoms with Crippen LogP contribution in [0, 0.1) is 0 Å². The SMILES string of the molecule is Clc1cccc(NN2C=NCC2)c1Cl. The summed E-state index contributed by atoms with van der Waals surface area (Å²) in [6.45, 7) is 1.66. The van der Waals surface area contributed by atoms with Crippen molar-refractivity contribution in [2.24, 2.45) is 4.99 Å². The van der Waals surface area contributed by atoms with Gasteiger partial charge in [-0.25, -0.2) is 0 Å². The van der Waals surface area contributed by atoms with Gasteiger partial charge in [-0.05, 0) is 12.1 Å². The lowest BCUT2D eigenvalue weighted by atomic mass is 10.3. The van der Waals surface area contributed by atoms with Crippen LogP contribution in [-0.4, -0.2) is 24.4 Å². The second-order valence-corrected chi connectivity index (χ2v) is 3.71. The molecule has 14 heavy (non-hydrogen) atoms. The summed E-state index contributed by atoms with van der Waals surface area (Å²) in [5.74, 6) is 0. The Balaban J connectivity index is 2.16. The second-order valence-electron chi connectivity index (χ2n) is 2.93. The second kappa shape index (κ2) is 4.07. The molecule has 0 atom stereocenters. The molecule has 0 fully saturated rings. The third-order valence-corrected chi connectivity index (χ3v) is 2.73. The first-order valence-corrected chi connectivity index (χ1v) is 5.00. The van der Waals surface area contributed by atoms with Crippen molar-refractivity contribution in [3.8, 4) is 0 Å². The minimum atomic E-state index is 0.537. The zero-order chi connectivity index (χ0) is 9.97. The summed E-state index contributed by atoms with van der Waals surface area (Å²) in [7, 11) is 0. The van der Waals surface area contributed by atoms with Gasteiger partial charge >= 0.3 is 0 Å². The molecule has 2 rings (SSSR count). The molecule has 0 saturated carbocycles. The fourth-order valence-electron chi connectivity index (χ4n) is 1.21. The van der Waals surface area contributed by atoms with E-state index < -0.39 is 0 Å². The minimum absolute atomic E-state index is 0.537. The molecule has 1 aromatic rings. The summed E-state index contributed by atoms with van der Waals surface area (Å²) in [6, 6.07) is 5.48. The van der Waals surface area contributed by atoms with Crippen LogP contribution in [0.1, 0.15) is 0 Å². The fraction of sp³-hybridized carbons (Fsp3) is 0.222. The molecular formula is C9H9Cl2N3. The first-order chi connectivity index (χ1) is 6.77. The predicted octanol–water partition coefficient (Wildman–Crippen LogP) is 2.66. The molecule has 74 valence electrons. The van der Waals surface area contributed by atoms with Gasteiger partial charge in [-0.2, -0.15) is 0 Å². The van der Waals surface area contributed by atoms with E-state index in [9.17, 15) is 0 Å². The number of anilines is 1. The van der Waals surface area contributed by atoms with Crippen LogP contribution in [0.3, 0.4) is 0 Å². The summed E-state index contributed by atoms with van der Waals surface area (Å²) in [5.41, 5.74) is 3.92. The van der Waals surface area contributed by atoms with Crippen molar-refractivity contribution < 1.29 is 0 Å². The molecule has 0 spiro atoms. The number of rotatable bonds is 2. The number of hydrogen-bond acceptors (Lipinski definition) is 3. The van der Waals surface area contributed by atoms with Gasteiger partial charge in [-0.15, -0.1) is 0 Å². The van der Waals surface area contributed by atoms with Crippen LogP contribution in [0.25, 0.3) is 0 Å². The predicted molar refractivity (Wildman–Crippen MR) is 60.1 cm³/mol. The summed E-state index contributed by atoms with van der Waals surface area (Å²) in [5, 5.41) is 2.96. The van der Waals surface area contributed by atoms with Gasteiger partial charge in [0.1, 0.15) is 6.34 Å². The van der Waals surface area contributed by atoms with E-state index in [4.69, 9.17) is 23.2 Å². The Bertz CT molecular complexity index is 365. The molecule has 0 aliphatic carbocycles. The van der Waals surface area contributed by atoms with Crippen molar-refractivity contribution >= 4 is 35.2 Å². The highest BCUT2D eigenvalue weighted by atomic mass is 35.5. The topological polar surface area (TPSA) is 27.6 Å². The van der Waals surface area contributed by atoms with Gasteiger partial charge in [0, 0.05) is 0 Å². The van der Waals surface area contributed by atoms with E-state index in [-0.39, 0.29) is 0 Å². The average Bonchev–Trinajstić information content (AvgIpc) is 2.66. The number of hydrazine groups is 1. The fourth-order valence-corrected chi connectivity index (χ4v) is 1.55. The minimum Gasteiger partial charge on any atom is -0.296 e. The van der Waals surface area contributed by atoms with Gasteiger partial charge in [0.05, 0.1) is 28.8 Å². The standard InChI is InChI=1S/C9H9Cl2N3/c10-7-2-1-3-8(9(7)11)13-14-5-4-12-6-14/h1-3,6,13H,4-5H2. The van der Waals surface area contributed by atoms with Crippen LogP contribution >= 0.6 is 23.2 Å². The maximum atomic E-state index is 6.01. The number of halogens is 2. The molecule has 1 aliphatic rings. The van der Waals surface area contributed by atoms with Gasteiger partial charge < -0.3 is 0 Å². The summed E-state index contributed by atoms with van der Waals surface area (Å²) >= 11 is 11.9. The molecule has 1 aromatic carbocycles. The molecule has 1 aliphatic heterocycles. The quantitative estimate of drug-likeness (QED) is 0.845. The van der Waals surface area contributed by atoms with Crippen molar-refractivity contribution in [1.29, 1.82) is 0 Å². The number of hydrogen-bond donors (Lipinski definition) is 1. The number of aliphatic imine (C=N–C) groups is 1. The maximum Gasteiger partial charge on any atom is 0.104 e. The zero-order valence-electron chi connectivity index (χ0n) is 7.37. The molecule has 0 unspecified atom stereocenters. The van der Waals surface area contributed by atoms with Gasteiger partial charge in [0.25, 0.3) is 0 Å². The Morgan fingerprint density at radius 3 is 2.93 bits per heavy atom. The number of benzene rings is 1. The van der Waals surface area contributed by atoms with Crippen LogP contribution in [0.2, 0.25) is 10.0 Å². The first-order valence-electron chi connectivity index (χ1n) is 4.24. The monoisotopic (exact) mass is 229 g/mol. The van der Waals surface area contributed by atoms with E-state index in [0.717, 1.165) is 18.8 Å². The lowest BCUT2D eigenvalue weighted by Gasteiger charge is -2.17. The van der Waals surface area contributed by atoms with Gasteiger partial charge in [-0.1, -0.05) is 29.3 Å².